The van der Waals surface area contributed by atoms with Crippen LogP contribution in [0.4, 0.5) is 0 Å². The van der Waals surface area contributed by atoms with Crippen LogP contribution in [0, 0.1) is 0 Å². The van der Waals surface area contributed by atoms with Crippen molar-refractivity contribution in [3.8, 4) is 22.8 Å². The molecule has 0 aliphatic heterocycles. The van der Waals surface area contributed by atoms with Gasteiger partial charge >= 0.3 is 5.97 Å². The highest BCUT2D eigenvalue weighted by molar-refractivity contribution is 6.33. The molecule has 0 aliphatic carbocycles. The second kappa shape index (κ2) is 8.48. The van der Waals surface area contributed by atoms with E-state index in [0.717, 1.165) is 0 Å². The molecule has 132 valence electrons. The summed E-state index contributed by atoms with van der Waals surface area (Å²) in [5.74, 6) is -0.585. The summed E-state index contributed by atoms with van der Waals surface area (Å²) in [5.41, 5.74) is 1.62. The second-order valence-electron chi connectivity index (χ2n) is 5.44. The summed E-state index contributed by atoms with van der Waals surface area (Å²) in [7, 11) is 1.55. The van der Waals surface area contributed by atoms with Crippen molar-refractivity contribution in [2.24, 2.45) is 0 Å². The lowest BCUT2D eigenvalue weighted by Gasteiger charge is -2.09. The predicted octanol–water partition coefficient (Wildman–Crippen LogP) is 3.48. The van der Waals surface area contributed by atoms with E-state index < -0.39 is 5.97 Å². The summed E-state index contributed by atoms with van der Waals surface area (Å²) in [5, 5.41) is 19.0. The van der Waals surface area contributed by atoms with Crippen molar-refractivity contribution < 1.29 is 24.5 Å². The van der Waals surface area contributed by atoms with Crippen LogP contribution < -0.4 is 4.74 Å². The number of carbonyl (C=O) groups is 2. The number of carboxylic acid groups (broad SMARTS) is 1. The van der Waals surface area contributed by atoms with Gasteiger partial charge in [0.2, 0.25) is 0 Å². The monoisotopic (exact) mass is 363 g/mol. The SMILES string of the molecule is COc1ccc(-c2ccc(O)c(CCC(=O)CCC(=O)O)n2)c(Cl)c1. The third kappa shape index (κ3) is 5.19. The van der Waals surface area contributed by atoms with Gasteiger partial charge in [0.25, 0.3) is 0 Å². The number of pyridine rings is 1. The van der Waals surface area contributed by atoms with E-state index in [1.807, 2.05) is 0 Å². The van der Waals surface area contributed by atoms with Crippen molar-refractivity contribution in [1.82, 2.24) is 4.98 Å². The smallest absolute Gasteiger partial charge is 0.303 e. The lowest BCUT2D eigenvalue weighted by atomic mass is 10.1. The van der Waals surface area contributed by atoms with Gasteiger partial charge in [-0.25, -0.2) is 4.98 Å². The minimum atomic E-state index is -1.01. The number of hydrogen-bond donors (Lipinski definition) is 2. The van der Waals surface area contributed by atoms with Crippen LogP contribution in [-0.2, 0) is 16.0 Å². The number of halogens is 1. The number of methoxy groups -OCH3 is 1. The molecule has 0 fully saturated rings. The number of aliphatic carboxylic acids is 1. The van der Waals surface area contributed by atoms with Gasteiger partial charge in [0.1, 0.15) is 17.3 Å². The Kier molecular flexibility index (Phi) is 6.36. The molecule has 0 bridgehead atoms. The maximum atomic E-state index is 11.7. The van der Waals surface area contributed by atoms with E-state index >= 15 is 0 Å². The fourth-order valence-electron chi connectivity index (χ4n) is 2.29. The number of aromatic hydroxyl groups is 1. The van der Waals surface area contributed by atoms with Crippen molar-refractivity contribution in [3.63, 3.8) is 0 Å². The van der Waals surface area contributed by atoms with Gasteiger partial charge in [-0.3, -0.25) is 9.59 Å². The number of carboxylic acids is 1. The summed E-state index contributed by atoms with van der Waals surface area (Å²) >= 11 is 6.24. The van der Waals surface area contributed by atoms with Crippen LogP contribution in [0.5, 0.6) is 11.5 Å². The maximum Gasteiger partial charge on any atom is 0.303 e. The molecule has 7 heteroatoms. The zero-order valence-corrected chi connectivity index (χ0v) is 14.4. The summed E-state index contributed by atoms with van der Waals surface area (Å²) in [6, 6.07) is 8.33. The van der Waals surface area contributed by atoms with Crippen LogP contribution >= 0.6 is 11.6 Å². The highest BCUT2D eigenvalue weighted by atomic mass is 35.5. The molecule has 25 heavy (non-hydrogen) atoms. The molecule has 0 saturated heterocycles. The Hall–Kier alpha value is -2.60. The van der Waals surface area contributed by atoms with Crippen LogP contribution in [0.2, 0.25) is 5.02 Å². The van der Waals surface area contributed by atoms with Crippen molar-refractivity contribution in [3.05, 3.63) is 41.0 Å². The normalized spacial score (nSPS) is 10.5. The Labute approximate surface area is 150 Å². The van der Waals surface area contributed by atoms with Gasteiger partial charge in [-0.05, 0) is 30.3 Å². The number of Topliss-reactive ketones (excluding diaryl/α,β-unsaturated/α-hetero) is 1. The lowest BCUT2D eigenvalue weighted by Crippen LogP contribution is -2.05. The molecular weight excluding hydrogens is 346 g/mol. The minimum Gasteiger partial charge on any atom is -0.506 e. The van der Waals surface area contributed by atoms with Crippen LogP contribution in [0.15, 0.2) is 30.3 Å². The van der Waals surface area contributed by atoms with Gasteiger partial charge in [-0.15, -0.1) is 0 Å². The van der Waals surface area contributed by atoms with Crippen LogP contribution in [-0.4, -0.2) is 34.1 Å². The summed E-state index contributed by atoms with van der Waals surface area (Å²) < 4.78 is 5.11. The molecule has 0 amide bonds. The number of carbonyl (C=O) groups excluding carboxylic acids is 1. The van der Waals surface area contributed by atoms with E-state index in [0.29, 0.717) is 27.7 Å². The molecule has 0 spiro atoms. The molecule has 1 heterocycles. The Bertz CT molecular complexity index is 791. The maximum absolute atomic E-state index is 11.7. The molecule has 0 radical (unpaired) electrons. The zero-order chi connectivity index (χ0) is 18.4. The molecule has 1 aromatic carbocycles. The van der Waals surface area contributed by atoms with Crippen LogP contribution in [0.1, 0.15) is 25.0 Å². The average Bonchev–Trinajstić information content (AvgIpc) is 2.59. The standard InChI is InChI=1S/C18H18ClNO5/c1-25-12-4-5-13(14(19)10-12)15-7-8-17(22)16(20-15)6-2-11(21)3-9-18(23)24/h4-5,7-8,10,22H,2-3,6,9H2,1H3,(H,23,24). The van der Waals surface area contributed by atoms with Crippen molar-refractivity contribution >= 4 is 23.4 Å². The predicted molar refractivity (Wildman–Crippen MR) is 93.1 cm³/mol. The van der Waals surface area contributed by atoms with E-state index in [9.17, 15) is 14.7 Å². The van der Waals surface area contributed by atoms with Crippen LogP contribution in [0.25, 0.3) is 11.3 Å². The molecule has 0 unspecified atom stereocenters. The number of benzene rings is 1. The van der Waals surface area contributed by atoms with Gasteiger partial charge in [0.15, 0.2) is 0 Å². The quantitative estimate of drug-likeness (QED) is 0.745. The van der Waals surface area contributed by atoms with E-state index in [2.05, 4.69) is 4.98 Å². The number of ketones is 1. The Morgan fingerprint density at radius 2 is 1.92 bits per heavy atom. The first kappa shape index (κ1) is 18.7. The molecule has 0 saturated carbocycles. The van der Waals surface area contributed by atoms with E-state index in [-0.39, 0.29) is 37.2 Å². The number of rotatable bonds is 8. The highest BCUT2D eigenvalue weighted by Crippen LogP contribution is 2.31. The molecular formula is C18H18ClNO5. The first-order valence-corrected chi connectivity index (χ1v) is 8.04. The topological polar surface area (TPSA) is 96.7 Å². The van der Waals surface area contributed by atoms with E-state index in [1.165, 1.54) is 6.07 Å². The van der Waals surface area contributed by atoms with E-state index in [1.54, 1.807) is 31.4 Å². The Morgan fingerprint density at radius 1 is 1.16 bits per heavy atom. The highest BCUT2D eigenvalue weighted by Gasteiger charge is 2.12. The van der Waals surface area contributed by atoms with Gasteiger partial charge < -0.3 is 14.9 Å². The lowest BCUT2D eigenvalue weighted by molar-refractivity contribution is -0.138. The fourth-order valence-corrected chi connectivity index (χ4v) is 2.56. The molecule has 2 aromatic rings. The Balaban J connectivity index is 2.15. The van der Waals surface area contributed by atoms with Crippen molar-refractivity contribution in [2.45, 2.75) is 25.7 Å². The summed E-state index contributed by atoms with van der Waals surface area (Å²) in [6.45, 7) is 0. The van der Waals surface area contributed by atoms with Gasteiger partial charge in [0, 0.05) is 24.8 Å². The molecule has 1 aromatic heterocycles. The second-order valence-corrected chi connectivity index (χ2v) is 5.85. The van der Waals surface area contributed by atoms with Gasteiger partial charge in [-0.1, -0.05) is 11.6 Å². The fraction of sp³-hybridized carbons (Fsp3) is 0.278. The number of nitrogens with zero attached hydrogens (tertiary/aromatic N) is 1. The first-order chi connectivity index (χ1) is 11.9. The minimum absolute atomic E-state index is 0.0144. The van der Waals surface area contributed by atoms with Gasteiger partial charge in [0.05, 0.1) is 29.9 Å². The summed E-state index contributed by atoms with van der Waals surface area (Å²) in [6.07, 6.45) is 0.124. The van der Waals surface area contributed by atoms with Crippen molar-refractivity contribution in [2.75, 3.05) is 7.11 Å². The number of hydrogen-bond acceptors (Lipinski definition) is 5. The molecule has 2 N–H and O–H groups in total. The summed E-state index contributed by atoms with van der Waals surface area (Å²) in [4.78, 5) is 26.6. The molecule has 0 atom stereocenters. The van der Waals surface area contributed by atoms with Crippen LogP contribution in [0.3, 0.4) is 0 Å². The van der Waals surface area contributed by atoms with Crippen molar-refractivity contribution in [1.29, 1.82) is 0 Å². The molecule has 6 nitrogen and oxygen atoms in total. The number of aromatic nitrogens is 1. The third-order valence-corrected chi connectivity index (χ3v) is 3.97. The Morgan fingerprint density at radius 3 is 2.56 bits per heavy atom. The number of aryl methyl sites for hydroxylation is 1. The molecule has 2 rings (SSSR count). The van der Waals surface area contributed by atoms with E-state index in [4.69, 9.17) is 21.4 Å². The zero-order valence-electron chi connectivity index (χ0n) is 13.7. The number of ether oxygens (including phenoxy) is 1. The third-order valence-electron chi connectivity index (χ3n) is 3.66. The molecule has 0 aliphatic rings. The first-order valence-electron chi connectivity index (χ1n) is 7.67. The largest absolute Gasteiger partial charge is 0.506 e. The average molecular weight is 364 g/mol. The van der Waals surface area contributed by atoms with Gasteiger partial charge in [-0.2, -0.15) is 0 Å².